The highest BCUT2D eigenvalue weighted by Gasteiger charge is 2.10. The number of nitro benzene ring substituents is 1. The molecule has 2 aromatic rings. The van der Waals surface area contributed by atoms with Gasteiger partial charge in [-0.05, 0) is 34.1 Å². The van der Waals surface area contributed by atoms with E-state index in [1.165, 1.54) is 12.1 Å². The molecule has 1 aromatic heterocycles. The molecule has 0 aliphatic carbocycles. The normalized spacial score (nSPS) is 10.4. The lowest BCUT2D eigenvalue weighted by Gasteiger charge is -2.06. The second kappa shape index (κ2) is 5.83. The van der Waals surface area contributed by atoms with E-state index in [-0.39, 0.29) is 11.4 Å². The summed E-state index contributed by atoms with van der Waals surface area (Å²) in [6.07, 6.45) is 0.585. The molecule has 0 radical (unpaired) electrons. The lowest BCUT2D eigenvalue weighted by Crippen LogP contribution is -2.06. The molecular weight excluding hydrogens is 319 g/mol. The van der Waals surface area contributed by atoms with Crippen LogP contribution in [-0.4, -0.2) is 11.5 Å². The summed E-state index contributed by atoms with van der Waals surface area (Å²) < 4.78 is 19.5. The molecule has 0 aliphatic rings. The van der Waals surface area contributed by atoms with Crippen LogP contribution in [0.2, 0.25) is 0 Å². The van der Waals surface area contributed by atoms with Crippen molar-refractivity contribution in [1.82, 2.24) is 0 Å². The average Bonchev–Trinajstić information content (AvgIpc) is 2.77. The molecule has 0 saturated carbocycles. The van der Waals surface area contributed by atoms with Gasteiger partial charge in [0.05, 0.1) is 16.7 Å². The van der Waals surface area contributed by atoms with Crippen LogP contribution >= 0.6 is 15.9 Å². The van der Waals surface area contributed by atoms with E-state index in [4.69, 9.17) is 4.42 Å². The van der Waals surface area contributed by atoms with Crippen LogP contribution < -0.4 is 5.32 Å². The van der Waals surface area contributed by atoms with Gasteiger partial charge in [-0.3, -0.25) is 10.1 Å². The molecule has 0 spiro atoms. The average molecular weight is 329 g/mol. The van der Waals surface area contributed by atoms with E-state index in [2.05, 4.69) is 21.2 Å². The number of hydrogen-bond donors (Lipinski definition) is 1. The van der Waals surface area contributed by atoms with Crippen molar-refractivity contribution < 1.29 is 13.7 Å². The summed E-state index contributed by atoms with van der Waals surface area (Å²) >= 11 is 3.19. The molecule has 7 heteroatoms. The molecule has 1 aromatic carbocycles. The van der Waals surface area contributed by atoms with Crippen LogP contribution in [0.4, 0.5) is 15.8 Å². The zero-order valence-corrected chi connectivity index (χ0v) is 11.3. The highest BCUT2D eigenvalue weighted by molar-refractivity contribution is 9.10. The summed E-state index contributed by atoms with van der Waals surface area (Å²) in [5.74, 6) is 0.122. The predicted molar refractivity (Wildman–Crippen MR) is 71.7 cm³/mol. The first-order chi connectivity index (χ1) is 9.06. The van der Waals surface area contributed by atoms with Crippen LogP contribution in [0.15, 0.2) is 39.4 Å². The Morgan fingerprint density at radius 2 is 2.16 bits per heavy atom. The number of non-ortho nitro benzene ring substituents is 1. The second-order valence-electron chi connectivity index (χ2n) is 3.80. The Labute approximate surface area is 116 Å². The van der Waals surface area contributed by atoms with Gasteiger partial charge in [-0.25, -0.2) is 4.39 Å². The quantitative estimate of drug-likeness (QED) is 0.670. The van der Waals surface area contributed by atoms with Crippen molar-refractivity contribution in [2.45, 2.75) is 6.42 Å². The number of rotatable bonds is 5. The van der Waals surface area contributed by atoms with Gasteiger partial charge in [0.1, 0.15) is 5.76 Å². The van der Waals surface area contributed by atoms with Crippen molar-refractivity contribution in [3.8, 4) is 0 Å². The first kappa shape index (κ1) is 13.5. The summed E-state index contributed by atoms with van der Waals surface area (Å²) in [5.41, 5.74) is -0.0331. The minimum atomic E-state index is -0.644. The summed E-state index contributed by atoms with van der Waals surface area (Å²) in [6, 6.07) is 7.10. The van der Waals surface area contributed by atoms with Gasteiger partial charge in [-0.15, -0.1) is 0 Å². The Morgan fingerprint density at radius 3 is 2.74 bits per heavy atom. The number of halogens is 2. The molecular formula is C12H10BrFN2O3. The monoisotopic (exact) mass is 328 g/mol. The van der Waals surface area contributed by atoms with Gasteiger partial charge in [0.2, 0.25) is 0 Å². The molecule has 0 atom stereocenters. The summed E-state index contributed by atoms with van der Waals surface area (Å²) in [4.78, 5) is 9.84. The fraction of sp³-hybridized carbons (Fsp3) is 0.167. The van der Waals surface area contributed by atoms with E-state index < -0.39 is 10.7 Å². The maximum absolute atomic E-state index is 13.5. The minimum Gasteiger partial charge on any atom is -0.454 e. The summed E-state index contributed by atoms with van der Waals surface area (Å²) in [7, 11) is 0. The predicted octanol–water partition coefficient (Wildman–Crippen LogP) is 3.74. The van der Waals surface area contributed by atoms with Gasteiger partial charge in [0, 0.05) is 19.0 Å². The Morgan fingerprint density at radius 1 is 1.37 bits per heavy atom. The van der Waals surface area contributed by atoms with Crippen LogP contribution in [0.1, 0.15) is 5.76 Å². The van der Waals surface area contributed by atoms with Crippen LogP contribution in [0.3, 0.4) is 0 Å². The topological polar surface area (TPSA) is 68.3 Å². The molecule has 0 unspecified atom stereocenters. The van der Waals surface area contributed by atoms with Crippen LogP contribution in [0, 0.1) is 15.9 Å². The summed E-state index contributed by atoms with van der Waals surface area (Å²) in [6.45, 7) is 0.467. The standard InChI is InChI=1S/C12H10BrFN2O3/c13-12-4-2-9(19-12)5-6-15-11-3-1-8(16(17)18)7-10(11)14/h1-4,7,15H,5-6H2. The molecule has 0 bridgehead atoms. The Bertz CT molecular complexity index is 600. The number of furan rings is 1. The number of benzene rings is 1. The maximum atomic E-state index is 13.5. The number of nitro groups is 1. The highest BCUT2D eigenvalue weighted by Crippen LogP contribution is 2.20. The van der Waals surface area contributed by atoms with Crippen LogP contribution in [0.25, 0.3) is 0 Å². The second-order valence-corrected chi connectivity index (χ2v) is 4.59. The first-order valence-electron chi connectivity index (χ1n) is 5.48. The van der Waals surface area contributed by atoms with Gasteiger partial charge in [-0.2, -0.15) is 0 Å². The van der Waals surface area contributed by atoms with Crippen molar-refractivity contribution in [2.24, 2.45) is 0 Å². The van der Waals surface area contributed by atoms with Crippen molar-refractivity contribution in [3.05, 3.63) is 56.7 Å². The van der Waals surface area contributed by atoms with Crippen molar-refractivity contribution in [2.75, 3.05) is 11.9 Å². The third-order valence-corrected chi connectivity index (χ3v) is 2.91. The van der Waals surface area contributed by atoms with Crippen molar-refractivity contribution in [3.63, 3.8) is 0 Å². The molecule has 100 valence electrons. The maximum Gasteiger partial charge on any atom is 0.272 e. The number of anilines is 1. The van der Waals surface area contributed by atoms with E-state index in [9.17, 15) is 14.5 Å². The lowest BCUT2D eigenvalue weighted by atomic mass is 10.2. The van der Waals surface area contributed by atoms with Gasteiger partial charge >= 0.3 is 0 Å². The molecule has 1 N–H and O–H groups in total. The lowest BCUT2D eigenvalue weighted by molar-refractivity contribution is -0.385. The van der Waals surface area contributed by atoms with Gasteiger partial charge in [0.15, 0.2) is 10.5 Å². The van der Waals surface area contributed by atoms with E-state index >= 15 is 0 Å². The molecule has 1 heterocycles. The van der Waals surface area contributed by atoms with E-state index in [1.54, 1.807) is 6.07 Å². The van der Waals surface area contributed by atoms with E-state index in [1.807, 2.05) is 6.07 Å². The number of nitrogens with one attached hydrogen (secondary N) is 1. The Kier molecular flexibility index (Phi) is 4.16. The highest BCUT2D eigenvalue weighted by atomic mass is 79.9. The van der Waals surface area contributed by atoms with Gasteiger partial charge < -0.3 is 9.73 Å². The zero-order chi connectivity index (χ0) is 13.8. The third kappa shape index (κ3) is 3.54. The van der Waals surface area contributed by atoms with Gasteiger partial charge in [0.25, 0.3) is 5.69 Å². The number of hydrogen-bond acceptors (Lipinski definition) is 4. The van der Waals surface area contributed by atoms with Gasteiger partial charge in [-0.1, -0.05) is 0 Å². The number of nitrogens with zero attached hydrogens (tertiary/aromatic N) is 1. The SMILES string of the molecule is O=[N+]([O-])c1ccc(NCCc2ccc(Br)o2)c(F)c1. The molecule has 0 aliphatic heterocycles. The molecule has 2 rings (SSSR count). The van der Waals surface area contributed by atoms with E-state index in [0.717, 1.165) is 11.8 Å². The molecule has 0 amide bonds. The molecule has 19 heavy (non-hydrogen) atoms. The molecule has 5 nitrogen and oxygen atoms in total. The third-order valence-electron chi connectivity index (χ3n) is 2.48. The Balaban J connectivity index is 1.94. The largest absolute Gasteiger partial charge is 0.454 e. The smallest absolute Gasteiger partial charge is 0.272 e. The minimum absolute atomic E-state index is 0.233. The van der Waals surface area contributed by atoms with E-state index in [0.29, 0.717) is 17.6 Å². The molecule has 0 fully saturated rings. The van der Waals surface area contributed by atoms with Crippen LogP contribution in [0.5, 0.6) is 0 Å². The Hall–Kier alpha value is -1.89. The summed E-state index contributed by atoms with van der Waals surface area (Å²) in [5, 5.41) is 13.3. The fourth-order valence-electron chi connectivity index (χ4n) is 1.57. The molecule has 0 saturated heterocycles. The van der Waals surface area contributed by atoms with Crippen molar-refractivity contribution >= 4 is 27.3 Å². The zero-order valence-electron chi connectivity index (χ0n) is 9.73. The van der Waals surface area contributed by atoms with Crippen molar-refractivity contribution in [1.29, 1.82) is 0 Å². The fourth-order valence-corrected chi connectivity index (χ4v) is 1.91. The van der Waals surface area contributed by atoms with Crippen LogP contribution in [-0.2, 0) is 6.42 Å². The first-order valence-corrected chi connectivity index (χ1v) is 6.27.